The number of alkyl halides is 6. The summed E-state index contributed by atoms with van der Waals surface area (Å²) in [5, 5.41) is 18.6. The van der Waals surface area contributed by atoms with Crippen molar-refractivity contribution in [3.8, 4) is 11.1 Å². The number of benzene rings is 2. The van der Waals surface area contributed by atoms with Crippen LogP contribution in [0, 0.1) is 0 Å². The summed E-state index contributed by atoms with van der Waals surface area (Å²) in [6.45, 7) is 2.84. The fourth-order valence-corrected chi connectivity index (χ4v) is 5.09. The first-order valence-electron chi connectivity index (χ1n) is 13.5. The lowest BCUT2D eigenvalue weighted by molar-refractivity contribution is -0.376. The van der Waals surface area contributed by atoms with Crippen LogP contribution in [-0.4, -0.2) is 82.2 Å². The molecule has 1 aliphatic rings. The predicted octanol–water partition coefficient (Wildman–Crippen LogP) is 4.67. The lowest BCUT2D eigenvalue weighted by atomic mass is 9.90. The summed E-state index contributed by atoms with van der Waals surface area (Å²) in [6.07, 6.45) is -8.34. The van der Waals surface area contributed by atoms with Crippen molar-refractivity contribution in [3.63, 3.8) is 0 Å². The molecule has 232 valence electrons. The summed E-state index contributed by atoms with van der Waals surface area (Å²) >= 11 is 0. The number of pyridine rings is 1. The molecule has 3 aromatic rings. The van der Waals surface area contributed by atoms with Crippen LogP contribution in [0.2, 0.25) is 0 Å². The molecule has 4 rings (SSSR count). The third-order valence-electron chi connectivity index (χ3n) is 7.40. The van der Waals surface area contributed by atoms with E-state index in [1.165, 1.54) is 0 Å². The van der Waals surface area contributed by atoms with Crippen LogP contribution in [0.15, 0.2) is 73.1 Å². The number of carbonyl (C=O) groups is 1. The normalized spacial score (nSPS) is 17.2. The highest BCUT2D eigenvalue weighted by Crippen LogP contribution is 2.50. The quantitative estimate of drug-likeness (QED) is 0.255. The molecule has 0 saturated carbocycles. The summed E-state index contributed by atoms with van der Waals surface area (Å²) in [6, 6.07) is 14.1. The smallest absolute Gasteiger partial charge is 0.430 e. The number of hydrogen-bond acceptors (Lipinski definition) is 7. The second kappa shape index (κ2) is 13.4. The highest BCUT2D eigenvalue weighted by atomic mass is 19.4. The molecule has 0 amide bonds. The first-order chi connectivity index (χ1) is 20.3. The molecule has 0 bridgehead atoms. The summed E-state index contributed by atoms with van der Waals surface area (Å²) < 4.78 is 84.3. The Labute approximate surface area is 244 Å². The number of halogens is 6. The van der Waals surface area contributed by atoms with E-state index in [0.717, 1.165) is 29.8 Å². The number of esters is 1. The van der Waals surface area contributed by atoms with E-state index in [2.05, 4.69) is 14.8 Å². The molecule has 0 radical (unpaired) electrons. The number of piperazine rings is 1. The molecule has 0 unspecified atom stereocenters. The monoisotopic (exact) mass is 611 g/mol. The average molecular weight is 612 g/mol. The van der Waals surface area contributed by atoms with Crippen molar-refractivity contribution >= 4 is 5.97 Å². The van der Waals surface area contributed by atoms with Crippen molar-refractivity contribution in [2.45, 2.75) is 43.5 Å². The molecular weight excluding hydrogens is 580 g/mol. The van der Waals surface area contributed by atoms with E-state index in [9.17, 15) is 36.2 Å². The fourth-order valence-electron chi connectivity index (χ4n) is 5.09. The summed E-state index contributed by atoms with van der Waals surface area (Å²) in [7, 11) is 0. The molecule has 1 fully saturated rings. The predicted molar refractivity (Wildman–Crippen MR) is 144 cm³/mol. The molecule has 1 aromatic heterocycles. The van der Waals surface area contributed by atoms with Crippen LogP contribution in [0.4, 0.5) is 26.3 Å². The maximum Gasteiger partial charge on any atom is 0.430 e. The van der Waals surface area contributed by atoms with Gasteiger partial charge in [-0.2, -0.15) is 26.3 Å². The van der Waals surface area contributed by atoms with E-state index < -0.39 is 29.5 Å². The van der Waals surface area contributed by atoms with Crippen molar-refractivity contribution in [1.82, 2.24) is 14.8 Å². The molecule has 2 heterocycles. The Morgan fingerprint density at radius 1 is 0.837 bits per heavy atom. The Morgan fingerprint density at radius 3 is 1.95 bits per heavy atom. The van der Waals surface area contributed by atoms with Gasteiger partial charge in [-0.15, -0.1) is 0 Å². The number of aliphatic hydroxyl groups excluding tert-OH is 1. The number of aromatic nitrogens is 1. The zero-order valence-electron chi connectivity index (χ0n) is 23.0. The zero-order valence-corrected chi connectivity index (χ0v) is 23.0. The SMILES string of the molecule is O=C(C[C@@H]1CN(Cc2ccncc2)CCN1Cc1ccc(-c2ccc(C(O)(C(F)(F)F)C(F)(F)F)cc2)cc1)OCCO. The number of aliphatic hydroxyl groups is 2. The highest BCUT2D eigenvalue weighted by Gasteiger charge is 2.71. The van der Waals surface area contributed by atoms with Crippen LogP contribution in [0.5, 0.6) is 0 Å². The minimum absolute atomic E-state index is 0.0829. The molecule has 7 nitrogen and oxygen atoms in total. The molecule has 0 spiro atoms. The fraction of sp³-hybridized carbons (Fsp3) is 0.400. The number of hydrogen-bond donors (Lipinski definition) is 2. The van der Waals surface area contributed by atoms with E-state index in [1.807, 2.05) is 12.1 Å². The maximum absolute atomic E-state index is 13.2. The van der Waals surface area contributed by atoms with Gasteiger partial charge in [0.25, 0.3) is 5.60 Å². The minimum atomic E-state index is -5.95. The third-order valence-corrected chi connectivity index (χ3v) is 7.40. The van der Waals surface area contributed by atoms with E-state index in [-0.39, 0.29) is 25.7 Å². The van der Waals surface area contributed by atoms with Crippen molar-refractivity contribution in [3.05, 3.63) is 89.7 Å². The van der Waals surface area contributed by atoms with E-state index in [0.29, 0.717) is 49.4 Å². The van der Waals surface area contributed by atoms with Crippen molar-refractivity contribution < 1.29 is 46.1 Å². The average Bonchev–Trinajstić information content (AvgIpc) is 2.97. The maximum atomic E-state index is 13.2. The van der Waals surface area contributed by atoms with Gasteiger partial charge in [0.2, 0.25) is 0 Å². The summed E-state index contributed by atoms with van der Waals surface area (Å²) in [5.74, 6) is -0.420. The van der Waals surface area contributed by atoms with Gasteiger partial charge in [-0.25, -0.2) is 0 Å². The Bertz CT molecular complexity index is 1320. The molecule has 1 aliphatic heterocycles. The topological polar surface area (TPSA) is 86.1 Å². The van der Waals surface area contributed by atoms with Crippen molar-refractivity contribution in [2.24, 2.45) is 0 Å². The van der Waals surface area contributed by atoms with Gasteiger partial charge in [0, 0.05) is 56.7 Å². The first-order valence-corrected chi connectivity index (χ1v) is 13.5. The first kappa shape index (κ1) is 32.4. The van der Waals surface area contributed by atoms with Crippen LogP contribution >= 0.6 is 0 Å². The van der Waals surface area contributed by atoms with Gasteiger partial charge in [-0.3, -0.25) is 19.6 Å². The molecule has 2 N–H and O–H groups in total. The second-order valence-corrected chi connectivity index (χ2v) is 10.3. The molecule has 13 heteroatoms. The van der Waals surface area contributed by atoms with Gasteiger partial charge in [-0.1, -0.05) is 48.5 Å². The Morgan fingerprint density at radius 2 is 1.40 bits per heavy atom. The zero-order chi connectivity index (χ0) is 31.3. The van der Waals surface area contributed by atoms with Gasteiger partial charge >= 0.3 is 18.3 Å². The summed E-state index contributed by atoms with van der Waals surface area (Å²) in [5.41, 5.74) is -3.39. The minimum Gasteiger partial charge on any atom is -0.463 e. The molecule has 2 aromatic carbocycles. The van der Waals surface area contributed by atoms with E-state index in [4.69, 9.17) is 9.84 Å². The Kier molecular flexibility index (Phi) is 10.1. The number of ether oxygens (including phenoxy) is 1. The Balaban J connectivity index is 1.46. The van der Waals surface area contributed by atoms with E-state index in [1.54, 1.807) is 36.7 Å². The second-order valence-electron chi connectivity index (χ2n) is 10.3. The van der Waals surface area contributed by atoms with Crippen molar-refractivity contribution in [1.29, 1.82) is 0 Å². The lowest BCUT2D eigenvalue weighted by Crippen LogP contribution is -2.53. The highest BCUT2D eigenvalue weighted by molar-refractivity contribution is 5.70. The van der Waals surface area contributed by atoms with Gasteiger partial charge in [0.1, 0.15) is 6.61 Å². The molecule has 0 aliphatic carbocycles. The van der Waals surface area contributed by atoms with Crippen LogP contribution < -0.4 is 0 Å². The number of carbonyl (C=O) groups excluding carboxylic acids is 1. The molecule has 1 atom stereocenters. The lowest BCUT2D eigenvalue weighted by Gasteiger charge is -2.41. The standard InChI is InChI=1S/C30H31F6N3O4/c31-29(32,33)28(42,30(34,35)36)25-7-5-24(6-8-25)23-3-1-21(2-4-23)19-39-14-13-38(18-22-9-11-37-12-10-22)20-26(39)17-27(41)43-16-15-40/h1-12,26,40,42H,13-20H2/t26-/m1/s1. The largest absolute Gasteiger partial charge is 0.463 e. The molecule has 43 heavy (non-hydrogen) atoms. The van der Waals surface area contributed by atoms with Crippen molar-refractivity contribution in [2.75, 3.05) is 32.8 Å². The van der Waals surface area contributed by atoms with E-state index >= 15 is 0 Å². The summed E-state index contributed by atoms with van der Waals surface area (Å²) in [4.78, 5) is 20.8. The van der Waals surface area contributed by atoms with Crippen LogP contribution in [0.25, 0.3) is 11.1 Å². The number of nitrogens with zero attached hydrogens (tertiary/aromatic N) is 3. The van der Waals surface area contributed by atoms with Crippen LogP contribution in [0.1, 0.15) is 23.1 Å². The third kappa shape index (κ3) is 7.71. The van der Waals surface area contributed by atoms with Crippen LogP contribution in [-0.2, 0) is 28.2 Å². The van der Waals surface area contributed by atoms with Crippen LogP contribution in [0.3, 0.4) is 0 Å². The Hall–Kier alpha value is -3.52. The van der Waals surface area contributed by atoms with Gasteiger partial charge < -0.3 is 14.9 Å². The van der Waals surface area contributed by atoms with Gasteiger partial charge in [0.05, 0.1) is 13.0 Å². The number of rotatable bonds is 10. The van der Waals surface area contributed by atoms with Gasteiger partial charge in [-0.05, 0) is 34.4 Å². The van der Waals surface area contributed by atoms with Gasteiger partial charge in [0.15, 0.2) is 0 Å². The molecular formula is C30H31F6N3O4. The molecule has 1 saturated heterocycles.